The minimum absolute atomic E-state index is 0.370. The van der Waals surface area contributed by atoms with E-state index in [9.17, 15) is 0 Å². The highest BCUT2D eigenvalue weighted by atomic mass is 16.5. The van der Waals surface area contributed by atoms with Crippen molar-refractivity contribution in [2.45, 2.75) is 51.6 Å². The Morgan fingerprint density at radius 1 is 1.21 bits per heavy atom. The number of ether oxygens (including phenoxy) is 2. The molecule has 1 fully saturated rings. The maximum atomic E-state index is 6.07. The Bertz CT molecular complexity index is 386. The summed E-state index contributed by atoms with van der Waals surface area (Å²) in [4.78, 5) is 0. The molecule has 0 amide bonds. The summed E-state index contributed by atoms with van der Waals surface area (Å²) in [6.45, 7) is 3.40. The molecule has 1 aromatic carbocycles. The van der Waals surface area contributed by atoms with Gasteiger partial charge in [0.2, 0.25) is 0 Å². The third kappa shape index (κ3) is 4.13. The lowest BCUT2D eigenvalue weighted by Gasteiger charge is -2.17. The average molecular weight is 263 g/mol. The van der Waals surface area contributed by atoms with Gasteiger partial charge in [0.15, 0.2) is 11.5 Å². The van der Waals surface area contributed by atoms with Crippen LogP contribution in [0.25, 0.3) is 0 Å². The molecule has 3 heteroatoms. The highest BCUT2D eigenvalue weighted by Crippen LogP contribution is 2.32. The number of nitrogens with two attached hydrogens (primary N) is 1. The van der Waals surface area contributed by atoms with Crippen molar-refractivity contribution in [1.29, 1.82) is 0 Å². The van der Waals surface area contributed by atoms with E-state index in [0.717, 1.165) is 30.9 Å². The molecular formula is C16H25NO2. The van der Waals surface area contributed by atoms with Gasteiger partial charge in [-0.1, -0.05) is 6.07 Å². The smallest absolute Gasteiger partial charge is 0.161 e. The fourth-order valence-corrected chi connectivity index (χ4v) is 2.57. The highest BCUT2D eigenvalue weighted by Gasteiger charge is 2.18. The molecule has 0 saturated heterocycles. The first-order valence-electron chi connectivity index (χ1n) is 7.46. The first-order chi connectivity index (χ1) is 9.33. The molecule has 3 nitrogen and oxygen atoms in total. The summed E-state index contributed by atoms with van der Waals surface area (Å²) in [5.41, 5.74) is 6.83. The monoisotopic (exact) mass is 263 g/mol. The van der Waals surface area contributed by atoms with Crippen LogP contribution in [0.1, 0.15) is 44.6 Å². The second-order valence-corrected chi connectivity index (χ2v) is 5.13. The normalized spacial score (nSPS) is 15.7. The zero-order valence-electron chi connectivity index (χ0n) is 11.9. The summed E-state index contributed by atoms with van der Waals surface area (Å²) in [6.07, 6.45) is 7.27. The van der Waals surface area contributed by atoms with Crippen LogP contribution >= 0.6 is 0 Å². The lowest BCUT2D eigenvalue weighted by atomic mass is 10.1. The Labute approximate surface area is 116 Å². The molecule has 0 atom stereocenters. The van der Waals surface area contributed by atoms with Crippen molar-refractivity contribution in [2.24, 2.45) is 5.73 Å². The van der Waals surface area contributed by atoms with E-state index in [1.54, 1.807) is 0 Å². The van der Waals surface area contributed by atoms with Crippen LogP contribution in [-0.2, 0) is 6.42 Å². The molecule has 106 valence electrons. The van der Waals surface area contributed by atoms with Crippen LogP contribution < -0.4 is 15.2 Å². The Hall–Kier alpha value is -1.22. The second-order valence-electron chi connectivity index (χ2n) is 5.13. The van der Waals surface area contributed by atoms with Gasteiger partial charge in [-0.25, -0.2) is 0 Å². The summed E-state index contributed by atoms with van der Waals surface area (Å²) in [5.74, 6) is 1.77. The molecule has 19 heavy (non-hydrogen) atoms. The third-order valence-corrected chi connectivity index (χ3v) is 3.57. The van der Waals surface area contributed by atoms with E-state index in [1.807, 2.05) is 6.92 Å². The van der Waals surface area contributed by atoms with Crippen molar-refractivity contribution < 1.29 is 9.47 Å². The molecule has 1 saturated carbocycles. The maximum absolute atomic E-state index is 6.07. The third-order valence-electron chi connectivity index (χ3n) is 3.57. The van der Waals surface area contributed by atoms with Crippen molar-refractivity contribution in [2.75, 3.05) is 13.2 Å². The van der Waals surface area contributed by atoms with Crippen LogP contribution in [0.5, 0.6) is 11.5 Å². The van der Waals surface area contributed by atoms with E-state index in [1.165, 1.54) is 31.2 Å². The summed E-state index contributed by atoms with van der Waals surface area (Å²) in [5, 5.41) is 0. The van der Waals surface area contributed by atoms with Gasteiger partial charge in [-0.3, -0.25) is 0 Å². The van der Waals surface area contributed by atoms with Gasteiger partial charge in [0.25, 0.3) is 0 Å². The van der Waals surface area contributed by atoms with Gasteiger partial charge in [0.1, 0.15) is 0 Å². The Balaban J connectivity index is 2.07. The van der Waals surface area contributed by atoms with Crippen LogP contribution in [0.4, 0.5) is 0 Å². The number of hydrogen-bond donors (Lipinski definition) is 1. The molecule has 0 heterocycles. The van der Waals surface area contributed by atoms with Gasteiger partial charge in [-0.15, -0.1) is 0 Å². The van der Waals surface area contributed by atoms with Gasteiger partial charge in [0, 0.05) is 0 Å². The molecule has 1 aliphatic carbocycles. The lowest BCUT2D eigenvalue weighted by Crippen LogP contribution is -2.12. The molecule has 0 radical (unpaired) electrons. The molecule has 0 aromatic heterocycles. The number of hydrogen-bond acceptors (Lipinski definition) is 3. The quantitative estimate of drug-likeness (QED) is 0.821. The topological polar surface area (TPSA) is 44.5 Å². The van der Waals surface area contributed by atoms with Gasteiger partial charge in [-0.05, 0) is 69.7 Å². The summed E-state index contributed by atoms with van der Waals surface area (Å²) >= 11 is 0. The lowest BCUT2D eigenvalue weighted by molar-refractivity contribution is 0.196. The molecule has 1 aromatic rings. The summed E-state index contributed by atoms with van der Waals surface area (Å²) in [7, 11) is 0. The van der Waals surface area contributed by atoms with Gasteiger partial charge >= 0.3 is 0 Å². The number of rotatable bonds is 7. The SMILES string of the molecule is CCOc1cc(CCCN)ccc1OC1CCCC1. The van der Waals surface area contributed by atoms with Crippen molar-refractivity contribution in [1.82, 2.24) is 0 Å². The predicted molar refractivity (Wildman–Crippen MR) is 77.9 cm³/mol. The largest absolute Gasteiger partial charge is 0.490 e. The van der Waals surface area contributed by atoms with Crippen molar-refractivity contribution >= 4 is 0 Å². The van der Waals surface area contributed by atoms with E-state index in [4.69, 9.17) is 15.2 Å². The maximum Gasteiger partial charge on any atom is 0.161 e. The molecule has 1 aliphatic rings. The van der Waals surface area contributed by atoms with Crippen LogP contribution in [0.15, 0.2) is 18.2 Å². The van der Waals surface area contributed by atoms with E-state index in [-0.39, 0.29) is 0 Å². The van der Waals surface area contributed by atoms with Crippen LogP contribution in [0, 0.1) is 0 Å². The fourth-order valence-electron chi connectivity index (χ4n) is 2.57. The average Bonchev–Trinajstić information content (AvgIpc) is 2.92. The first-order valence-corrected chi connectivity index (χ1v) is 7.46. The summed E-state index contributed by atoms with van der Waals surface area (Å²) < 4.78 is 11.8. The van der Waals surface area contributed by atoms with E-state index >= 15 is 0 Å². The minimum Gasteiger partial charge on any atom is -0.490 e. The first kappa shape index (κ1) is 14.2. The Morgan fingerprint density at radius 2 is 2.00 bits per heavy atom. The van der Waals surface area contributed by atoms with Crippen molar-refractivity contribution in [3.63, 3.8) is 0 Å². The van der Waals surface area contributed by atoms with Crippen molar-refractivity contribution in [3.05, 3.63) is 23.8 Å². The zero-order chi connectivity index (χ0) is 13.5. The molecular weight excluding hydrogens is 238 g/mol. The highest BCUT2D eigenvalue weighted by molar-refractivity contribution is 5.43. The Kier molecular flexibility index (Phi) is 5.52. The van der Waals surface area contributed by atoms with Crippen LogP contribution in [-0.4, -0.2) is 19.3 Å². The number of aryl methyl sites for hydroxylation is 1. The Morgan fingerprint density at radius 3 is 2.68 bits per heavy atom. The van der Waals surface area contributed by atoms with Gasteiger partial charge < -0.3 is 15.2 Å². The zero-order valence-corrected chi connectivity index (χ0v) is 11.9. The minimum atomic E-state index is 0.370. The van der Waals surface area contributed by atoms with Gasteiger partial charge in [-0.2, -0.15) is 0 Å². The molecule has 0 aliphatic heterocycles. The summed E-state index contributed by atoms with van der Waals surface area (Å²) in [6, 6.07) is 6.28. The van der Waals surface area contributed by atoms with E-state index in [2.05, 4.69) is 18.2 Å². The molecule has 0 spiro atoms. The predicted octanol–water partition coefficient (Wildman–Crippen LogP) is 3.30. The van der Waals surface area contributed by atoms with E-state index < -0.39 is 0 Å². The van der Waals surface area contributed by atoms with Crippen LogP contribution in [0.2, 0.25) is 0 Å². The number of benzene rings is 1. The standard InChI is InChI=1S/C16H25NO2/c1-2-18-16-12-13(6-5-11-17)9-10-15(16)19-14-7-3-4-8-14/h9-10,12,14H,2-8,11,17H2,1H3. The van der Waals surface area contributed by atoms with Crippen molar-refractivity contribution in [3.8, 4) is 11.5 Å². The van der Waals surface area contributed by atoms with Gasteiger partial charge in [0.05, 0.1) is 12.7 Å². The molecule has 2 N–H and O–H groups in total. The molecule has 0 unspecified atom stereocenters. The van der Waals surface area contributed by atoms with E-state index in [0.29, 0.717) is 12.7 Å². The molecule has 0 bridgehead atoms. The second kappa shape index (κ2) is 7.39. The van der Waals surface area contributed by atoms with Crippen LogP contribution in [0.3, 0.4) is 0 Å². The fraction of sp³-hybridized carbons (Fsp3) is 0.625. The molecule has 2 rings (SSSR count).